The minimum atomic E-state index is -1.04. The predicted octanol–water partition coefficient (Wildman–Crippen LogP) is 2.79. The van der Waals surface area contributed by atoms with Gasteiger partial charge in [-0.25, -0.2) is 0 Å². The number of benzene rings is 1. The van der Waals surface area contributed by atoms with Crippen molar-refractivity contribution in [3.63, 3.8) is 0 Å². The van der Waals surface area contributed by atoms with Gasteiger partial charge in [0.25, 0.3) is 0 Å². The Bertz CT molecular complexity index is 438. The van der Waals surface area contributed by atoms with Crippen LogP contribution in [0.2, 0.25) is 0 Å². The third-order valence-electron chi connectivity index (χ3n) is 3.75. The molecule has 1 fully saturated rings. The number of hydrogen-bond acceptors (Lipinski definition) is 2. The summed E-state index contributed by atoms with van der Waals surface area (Å²) in [6.07, 6.45) is 4.75. The molecule has 2 rings (SSSR count). The Morgan fingerprint density at radius 1 is 1.26 bits per heavy atom. The largest absolute Gasteiger partial charge is 0.481 e. The monoisotopic (exact) mass is 280 g/mol. The average molecular weight is 280 g/mol. The maximum atomic E-state index is 12.1. The van der Waals surface area contributed by atoms with Crippen molar-refractivity contribution in [3.05, 3.63) is 35.9 Å². The molecule has 1 aliphatic carbocycles. The lowest BCUT2D eigenvalue weighted by atomic mass is 10.0. The van der Waals surface area contributed by atoms with Crippen molar-refractivity contribution in [2.45, 2.75) is 31.6 Å². The highest BCUT2D eigenvalue weighted by molar-refractivity contribution is 7.85. The van der Waals surface area contributed by atoms with Gasteiger partial charge in [-0.2, -0.15) is 0 Å². The Balaban J connectivity index is 1.97. The van der Waals surface area contributed by atoms with Crippen molar-refractivity contribution < 1.29 is 14.1 Å². The molecule has 0 bridgehead atoms. The van der Waals surface area contributed by atoms with E-state index in [-0.39, 0.29) is 5.75 Å². The van der Waals surface area contributed by atoms with Crippen LogP contribution in [0.5, 0.6) is 0 Å². The number of aliphatic carboxylic acids is 1. The van der Waals surface area contributed by atoms with Crippen LogP contribution in [0, 0.1) is 5.92 Å². The van der Waals surface area contributed by atoms with E-state index >= 15 is 0 Å². The van der Waals surface area contributed by atoms with Crippen molar-refractivity contribution >= 4 is 16.8 Å². The van der Waals surface area contributed by atoms with E-state index in [1.54, 1.807) is 12.1 Å². The van der Waals surface area contributed by atoms with Crippen LogP contribution in [0.3, 0.4) is 0 Å². The summed E-state index contributed by atoms with van der Waals surface area (Å²) in [5, 5.41) is 9.30. The zero-order valence-electron chi connectivity index (χ0n) is 11.0. The van der Waals surface area contributed by atoms with E-state index in [1.807, 2.05) is 18.2 Å². The molecule has 1 N–H and O–H groups in total. The van der Waals surface area contributed by atoms with Gasteiger partial charge in [0.05, 0.1) is 5.92 Å². The van der Waals surface area contributed by atoms with Gasteiger partial charge in [-0.3, -0.25) is 9.00 Å². The fourth-order valence-corrected chi connectivity index (χ4v) is 4.39. The van der Waals surface area contributed by atoms with E-state index in [2.05, 4.69) is 0 Å². The van der Waals surface area contributed by atoms with Crippen molar-refractivity contribution in [3.8, 4) is 0 Å². The lowest BCUT2D eigenvalue weighted by Gasteiger charge is -2.14. The van der Waals surface area contributed by atoms with Gasteiger partial charge in [-0.15, -0.1) is 0 Å². The lowest BCUT2D eigenvalue weighted by Crippen LogP contribution is -2.21. The van der Waals surface area contributed by atoms with Crippen LogP contribution in [-0.4, -0.2) is 26.8 Å². The zero-order chi connectivity index (χ0) is 13.7. The molecule has 1 aliphatic rings. The van der Waals surface area contributed by atoms with Crippen LogP contribution in [0.4, 0.5) is 0 Å². The first-order valence-corrected chi connectivity index (χ1v) is 8.28. The molecule has 104 valence electrons. The van der Waals surface area contributed by atoms with Crippen LogP contribution < -0.4 is 0 Å². The molecule has 3 nitrogen and oxygen atoms in total. The number of carbonyl (C=O) groups is 1. The SMILES string of the molecule is O=C(O)C(CS(=O)CC1CCCC1)c1ccccc1. The predicted molar refractivity (Wildman–Crippen MR) is 76.7 cm³/mol. The number of rotatable bonds is 6. The standard InChI is InChI=1S/C15H20O3S/c16-15(17)14(13-8-2-1-3-9-13)11-19(18)10-12-6-4-5-7-12/h1-3,8-9,12,14H,4-7,10-11H2,(H,16,17). The summed E-state index contributed by atoms with van der Waals surface area (Å²) in [5.74, 6) is -0.104. The molecule has 4 heteroatoms. The Labute approximate surface area is 116 Å². The fraction of sp³-hybridized carbons (Fsp3) is 0.533. The maximum Gasteiger partial charge on any atom is 0.311 e. The van der Waals surface area contributed by atoms with Gasteiger partial charge in [0.2, 0.25) is 0 Å². The Morgan fingerprint density at radius 3 is 2.47 bits per heavy atom. The highest BCUT2D eigenvalue weighted by Gasteiger charge is 2.24. The van der Waals surface area contributed by atoms with Gasteiger partial charge in [0.1, 0.15) is 0 Å². The van der Waals surface area contributed by atoms with E-state index in [4.69, 9.17) is 0 Å². The zero-order valence-corrected chi connectivity index (χ0v) is 11.8. The van der Waals surface area contributed by atoms with Gasteiger partial charge in [-0.05, 0) is 24.3 Å². The highest BCUT2D eigenvalue weighted by atomic mass is 32.2. The number of carboxylic acid groups (broad SMARTS) is 1. The molecule has 0 saturated heterocycles. The van der Waals surface area contributed by atoms with E-state index in [0.717, 1.165) is 18.4 Å². The molecule has 1 aromatic rings. The minimum Gasteiger partial charge on any atom is -0.481 e. The van der Waals surface area contributed by atoms with Gasteiger partial charge in [0, 0.05) is 22.3 Å². The summed E-state index contributed by atoms with van der Waals surface area (Å²) in [5.41, 5.74) is 0.745. The van der Waals surface area contributed by atoms with Crippen LogP contribution in [0.25, 0.3) is 0 Å². The summed E-state index contributed by atoms with van der Waals surface area (Å²) in [6, 6.07) is 9.10. The molecule has 2 unspecified atom stereocenters. The number of hydrogen-bond donors (Lipinski definition) is 1. The third kappa shape index (κ3) is 4.16. The summed E-state index contributed by atoms with van der Waals surface area (Å²) in [6.45, 7) is 0. The first kappa shape index (κ1) is 14.3. The van der Waals surface area contributed by atoms with Gasteiger partial charge >= 0.3 is 5.97 Å². The molecule has 2 atom stereocenters. The van der Waals surface area contributed by atoms with Crippen molar-refractivity contribution in [1.82, 2.24) is 0 Å². The molecule has 0 spiro atoms. The Hall–Kier alpha value is -1.16. The molecule has 0 aromatic heterocycles. The normalized spacial score (nSPS) is 19.2. The molecule has 0 radical (unpaired) electrons. The van der Waals surface area contributed by atoms with E-state index in [1.165, 1.54) is 12.8 Å². The Kier molecular flexibility index (Phi) is 5.14. The second kappa shape index (κ2) is 6.85. The quantitative estimate of drug-likeness (QED) is 0.871. The summed E-state index contributed by atoms with van der Waals surface area (Å²) < 4.78 is 12.1. The van der Waals surface area contributed by atoms with Crippen LogP contribution in [-0.2, 0) is 15.6 Å². The molecule has 0 amide bonds. The first-order valence-electron chi connectivity index (χ1n) is 6.79. The Morgan fingerprint density at radius 2 is 1.89 bits per heavy atom. The second-order valence-electron chi connectivity index (χ2n) is 5.23. The molecule has 0 heterocycles. The summed E-state index contributed by atoms with van der Waals surface area (Å²) in [7, 11) is -1.04. The maximum absolute atomic E-state index is 12.1. The third-order valence-corrected chi connectivity index (χ3v) is 5.30. The van der Waals surface area contributed by atoms with Gasteiger partial charge in [-0.1, -0.05) is 43.2 Å². The average Bonchev–Trinajstić information content (AvgIpc) is 2.89. The lowest BCUT2D eigenvalue weighted by molar-refractivity contribution is -0.138. The molecular weight excluding hydrogens is 260 g/mol. The van der Waals surface area contributed by atoms with Gasteiger partial charge in [0.15, 0.2) is 0 Å². The topological polar surface area (TPSA) is 54.4 Å². The van der Waals surface area contributed by atoms with Crippen molar-refractivity contribution in [2.24, 2.45) is 5.92 Å². The number of carboxylic acids is 1. The summed E-state index contributed by atoms with van der Waals surface area (Å²) in [4.78, 5) is 11.3. The smallest absolute Gasteiger partial charge is 0.311 e. The fourth-order valence-electron chi connectivity index (χ4n) is 2.69. The first-order chi connectivity index (χ1) is 9.16. The molecule has 1 aromatic carbocycles. The van der Waals surface area contributed by atoms with E-state index in [0.29, 0.717) is 11.7 Å². The van der Waals surface area contributed by atoms with E-state index < -0.39 is 22.7 Å². The van der Waals surface area contributed by atoms with E-state index in [9.17, 15) is 14.1 Å². The second-order valence-corrected chi connectivity index (χ2v) is 6.77. The van der Waals surface area contributed by atoms with Crippen molar-refractivity contribution in [1.29, 1.82) is 0 Å². The summed E-state index contributed by atoms with van der Waals surface area (Å²) >= 11 is 0. The molecule has 19 heavy (non-hydrogen) atoms. The van der Waals surface area contributed by atoms with Crippen LogP contribution in [0.1, 0.15) is 37.2 Å². The van der Waals surface area contributed by atoms with Crippen LogP contribution >= 0.6 is 0 Å². The van der Waals surface area contributed by atoms with Gasteiger partial charge < -0.3 is 5.11 Å². The molecule has 1 saturated carbocycles. The highest BCUT2D eigenvalue weighted by Crippen LogP contribution is 2.26. The van der Waals surface area contributed by atoms with Crippen LogP contribution in [0.15, 0.2) is 30.3 Å². The molecular formula is C15H20O3S. The molecule has 0 aliphatic heterocycles. The van der Waals surface area contributed by atoms with Crippen molar-refractivity contribution in [2.75, 3.05) is 11.5 Å². The minimum absolute atomic E-state index is 0.232.